The van der Waals surface area contributed by atoms with Crippen molar-refractivity contribution < 1.29 is 4.74 Å². The van der Waals surface area contributed by atoms with Crippen LogP contribution in [0.4, 0.5) is 0 Å². The average Bonchev–Trinajstić information content (AvgIpc) is 2.61. The SMILES string of the molecule is COc1ccccc1-c1cccc(-c2ccccc2C#N)c1. The molecular weight excluding hydrogens is 270 g/mol. The minimum absolute atomic E-state index is 0.680. The second-order valence-corrected chi connectivity index (χ2v) is 4.94. The fourth-order valence-electron chi connectivity index (χ4n) is 2.57. The fraction of sp³-hybridized carbons (Fsp3) is 0.0500. The van der Waals surface area contributed by atoms with Gasteiger partial charge in [0.15, 0.2) is 0 Å². The fourth-order valence-corrected chi connectivity index (χ4v) is 2.57. The van der Waals surface area contributed by atoms with Gasteiger partial charge in [-0.15, -0.1) is 0 Å². The van der Waals surface area contributed by atoms with Gasteiger partial charge < -0.3 is 4.74 Å². The van der Waals surface area contributed by atoms with Gasteiger partial charge in [0.25, 0.3) is 0 Å². The van der Waals surface area contributed by atoms with Crippen molar-refractivity contribution in [1.82, 2.24) is 0 Å². The largest absolute Gasteiger partial charge is 0.496 e. The molecule has 22 heavy (non-hydrogen) atoms. The van der Waals surface area contributed by atoms with Crippen LogP contribution in [-0.4, -0.2) is 7.11 Å². The van der Waals surface area contributed by atoms with Crippen LogP contribution in [0.3, 0.4) is 0 Å². The second-order valence-electron chi connectivity index (χ2n) is 4.94. The van der Waals surface area contributed by atoms with Gasteiger partial charge in [0.2, 0.25) is 0 Å². The van der Waals surface area contributed by atoms with E-state index < -0.39 is 0 Å². The summed E-state index contributed by atoms with van der Waals surface area (Å²) in [5.41, 5.74) is 4.77. The molecule has 0 atom stereocenters. The van der Waals surface area contributed by atoms with E-state index in [0.717, 1.165) is 28.0 Å². The van der Waals surface area contributed by atoms with Gasteiger partial charge in [0, 0.05) is 5.56 Å². The average molecular weight is 285 g/mol. The molecule has 0 aromatic heterocycles. The smallest absolute Gasteiger partial charge is 0.126 e. The standard InChI is InChI=1S/C20H15NO/c1-22-20-12-5-4-11-19(20)16-9-6-8-15(13-16)18-10-3-2-7-17(18)14-21/h2-13H,1H3. The third kappa shape index (κ3) is 2.57. The maximum atomic E-state index is 9.28. The zero-order chi connectivity index (χ0) is 15.4. The first-order valence-electron chi connectivity index (χ1n) is 7.06. The van der Waals surface area contributed by atoms with E-state index in [2.05, 4.69) is 18.2 Å². The number of hydrogen-bond acceptors (Lipinski definition) is 2. The summed E-state index contributed by atoms with van der Waals surface area (Å²) in [4.78, 5) is 0. The lowest BCUT2D eigenvalue weighted by molar-refractivity contribution is 0.416. The van der Waals surface area contributed by atoms with Crippen LogP contribution in [0.1, 0.15) is 5.56 Å². The van der Waals surface area contributed by atoms with E-state index >= 15 is 0 Å². The molecule has 0 spiro atoms. The topological polar surface area (TPSA) is 33.0 Å². The number of benzene rings is 3. The molecule has 0 bridgehead atoms. The number of ether oxygens (including phenoxy) is 1. The Balaban J connectivity index is 2.13. The van der Waals surface area contributed by atoms with Crippen molar-refractivity contribution >= 4 is 0 Å². The molecule has 0 fully saturated rings. The van der Waals surface area contributed by atoms with E-state index in [9.17, 15) is 5.26 Å². The summed E-state index contributed by atoms with van der Waals surface area (Å²) in [6.07, 6.45) is 0. The van der Waals surface area contributed by atoms with Gasteiger partial charge in [0.05, 0.1) is 18.7 Å². The molecule has 0 aliphatic rings. The van der Waals surface area contributed by atoms with Gasteiger partial charge in [0.1, 0.15) is 5.75 Å². The molecule has 0 saturated heterocycles. The number of hydrogen-bond donors (Lipinski definition) is 0. The zero-order valence-electron chi connectivity index (χ0n) is 12.3. The Kier molecular flexibility index (Phi) is 3.89. The summed E-state index contributed by atoms with van der Waals surface area (Å²) < 4.78 is 5.44. The van der Waals surface area contributed by atoms with Crippen molar-refractivity contribution in [1.29, 1.82) is 5.26 Å². The minimum Gasteiger partial charge on any atom is -0.496 e. The molecular formula is C20H15NO. The highest BCUT2D eigenvalue weighted by molar-refractivity contribution is 5.78. The van der Waals surface area contributed by atoms with Crippen LogP contribution < -0.4 is 4.74 Å². The van der Waals surface area contributed by atoms with Crippen LogP contribution in [0.2, 0.25) is 0 Å². The molecule has 0 aliphatic heterocycles. The van der Waals surface area contributed by atoms with E-state index in [0.29, 0.717) is 5.56 Å². The maximum absolute atomic E-state index is 9.28. The van der Waals surface area contributed by atoms with Crippen LogP contribution in [0.25, 0.3) is 22.3 Å². The highest BCUT2D eigenvalue weighted by Gasteiger charge is 2.08. The second kappa shape index (κ2) is 6.15. The van der Waals surface area contributed by atoms with E-state index in [1.807, 2.05) is 60.7 Å². The van der Waals surface area contributed by atoms with E-state index in [4.69, 9.17) is 4.74 Å². The third-order valence-corrected chi connectivity index (χ3v) is 3.64. The molecule has 0 radical (unpaired) electrons. The Bertz CT molecular complexity index is 846. The van der Waals surface area contributed by atoms with Gasteiger partial charge in [-0.1, -0.05) is 54.6 Å². The van der Waals surface area contributed by atoms with Crippen LogP contribution in [0.15, 0.2) is 72.8 Å². The normalized spacial score (nSPS) is 10.0. The lowest BCUT2D eigenvalue weighted by Crippen LogP contribution is -1.89. The van der Waals surface area contributed by atoms with Crippen molar-refractivity contribution in [2.75, 3.05) is 7.11 Å². The van der Waals surface area contributed by atoms with Crippen molar-refractivity contribution in [3.63, 3.8) is 0 Å². The molecule has 0 amide bonds. The van der Waals surface area contributed by atoms with Crippen LogP contribution >= 0.6 is 0 Å². The minimum atomic E-state index is 0.680. The molecule has 2 heteroatoms. The molecule has 0 saturated carbocycles. The summed E-state index contributed by atoms with van der Waals surface area (Å²) in [6.45, 7) is 0. The first-order valence-corrected chi connectivity index (χ1v) is 7.06. The molecule has 3 aromatic rings. The van der Waals surface area contributed by atoms with Gasteiger partial charge >= 0.3 is 0 Å². The maximum Gasteiger partial charge on any atom is 0.126 e. The monoisotopic (exact) mass is 285 g/mol. The summed E-state index contributed by atoms with van der Waals surface area (Å²) in [7, 11) is 1.67. The summed E-state index contributed by atoms with van der Waals surface area (Å²) >= 11 is 0. The predicted octanol–water partition coefficient (Wildman–Crippen LogP) is 4.90. The molecule has 0 heterocycles. The van der Waals surface area contributed by atoms with Gasteiger partial charge in [-0.05, 0) is 34.9 Å². The van der Waals surface area contributed by atoms with Crippen LogP contribution in [0.5, 0.6) is 5.75 Å². The molecule has 0 aliphatic carbocycles. The van der Waals surface area contributed by atoms with Crippen molar-refractivity contribution in [3.8, 4) is 34.1 Å². The number of nitriles is 1. The van der Waals surface area contributed by atoms with E-state index in [1.54, 1.807) is 7.11 Å². The van der Waals surface area contributed by atoms with E-state index in [1.165, 1.54) is 0 Å². The molecule has 3 rings (SSSR count). The number of para-hydroxylation sites is 1. The highest BCUT2D eigenvalue weighted by Crippen LogP contribution is 2.33. The first kappa shape index (κ1) is 13.9. The zero-order valence-corrected chi connectivity index (χ0v) is 12.3. The molecule has 0 unspecified atom stereocenters. The summed E-state index contributed by atoms with van der Waals surface area (Å²) in [5, 5.41) is 9.28. The van der Waals surface area contributed by atoms with Crippen LogP contribution in [-0.2, 0) is 0 Å². The number of nitrogens with zero attached hydrogens (tertiary/aromatic N) is 1. The Morgan fingerprint density at radius 1 is 0.773 bits per heavy atom. The quantitative estimate of drug-likeness (QED) is 0.685. The first-order chi connectivity index (χ1) is 10.8. The highest BCUT2D eigenvalue weighted by atomic mass is 16.5. The van der Waals surface area contributed by atoms with Crippen LogP contribution in [0, 0.1) is 11.3 Å². The van der Waals surface area contributed by atoms with Gasteiger partial charge in [-0.3, -0.25) is 0 Å². The van der Waals surface area contributed by atoms with Gasteiger partial charge in [-0.2, -0.15) is 5.26 Å². The van der Waals surface area contributed by atoms with Crippen molar-refractivity contribution in [2.24, 2.45) is 0 Å². The Morgan fingerprint density at radius 2 is 1.41 bits per heavy atom. The number of methoxy groups -OCH3 is 1. The Hall–Kier alpha value is -3.05. The lowest BCUT2D eigenvalue weighted by atomic mass is 9.96. The lowest BCUT2D eigenvalue weighted by Gasteiger charge is -2.10. The van der Waals surface area contributed by atoms with E-state index in [-0.39, 0.29) is 0 Å². The van der Waals surface area contributed by atoms with Gasteiger partial charge in [-0.25, -0.2) is 0 Å². The van der Waals surface area contributed by atoms with Crippen molar-refractivity contribution in [2.45, 2.75) is 0 Å². The molecule has 0 N–H and O–H groups in total. The molecule has 2 nitrogen and oxygen atoms in total. The molecule has 3 aromatic carbocycles. The summed E-state index contributed by atoms with van der Waals surface area (Å²) in [5.74, 6) is 0.841. The molecule has 106 valence electrons. The third-order valence-electron chi connectivity index (χ3n) is 3.64. The van der Waals surface area contributed by atoms with Crippen molar-refractivity contribution in [3.05, 3.63) is 78.4 Å². The Labute approximate surface area is 130 Å². The number of rotatable bonds is 3. The summed E-state index contributed by atoms with van der Waals surface area (Å²) in [6, 6.07) is 26.0. The predicted molar refractivity (Wildman–Crippen MR) is 88.6 cm³/mol. The Morgan fingerprint density at radius 3 is 2.14 bits per heavy atom.